The summed E-state index contributed by atoms with van der Waals surface area (Å²) in [6.45, 7) is 10.0. The monoisotopic (exact) mass is 481 g/mol. The fourth-order valence-electron chi connectivity index (χ4n) is 5.33. The van der Waals surface area contributed by atoms with Crippen LogP contribution in [0.1, 0.15) is 48.5 Å². The highest BCUT2D eigenvalue weighted by Crippen LogP contribution is 2.35. The van der Waals surface area contributed by atoms with Crippen molar-refractivity contribution in [1.82, 2.24) is 19.7 Å². The molecule has 0 bridgehead atoms. The predicted octanol–water partition coefficient (Wildman–Crippen LogP) is 5.68. The zero-order chi connectivity index (χ0) is 25.2. The number of benzene rings is 2. The number of nitrogens with zero attached hydrogens (tertiary/aromatic N) is 4. The van der Waals surface area contributed by atoms with E-state index in [2.05, 4.69) is 83.6 Å². The van der Waals surface area contributed by atoms with Gasteiger partial charge in [0.15, 0.2) is 5.82 Å². The molecule has 1 saturated heterocycles. The van der Waals surface area contributed by atoms with E-state index < -0.39 is 0 Å². The van der Waals surface area contributed by atoms with E-state index >= 15 is 0 Å². The van der Waals surface area contributed by atoms with Gasteiger partial charge in [-0.25, -0.2) is 4.68 Å². The number of amides is 1. The Balaban J connectivity index is 1.41. The number of hydrogen-bond acceptors (Lipinski definition) is 3. The van der Waals surface area contributed by atoms with Gasteiger partial charge in [0.1, 0.15) is 5.69 Å². The number of aromatic nitrogens is 3. The number of anilines is 1. The topological polar surface area (TPSA) is 55.1 Å². The number of carbonyl (C=O) groups is 1. The highest BCUT2D eigenvalue weighted by Gasteiger charge is 2.31. The van der Waals surface area contributed by atoms with Crippen molar-refractivity contribution in [2.45, 2.75) is 46.6 Å². The summed E-state index contributed by atoms with van der Waals surface area (Å²) in [5.41, 5.74) is 6.67. The standard InChI is InChI=1S/C30H35N5O/c1-21-15-16-22(2)34(21)28-24(4)32-35(27-13-9-6-10-14-27)30(28)33-19-17-26(18-20-33)29(36)31-23(3)25-11-7-5-8-12-25/h5-16,23,26H,17-20H2,1-4H3,(H,31,36). The van der Waals surface area contributed by atoms with Crippen LogP contribution in [0.4, 0.5) is 5.82 Å². The quantitative estimate of drug-likeness (QED) is 0.385. The average Bonchev–Trinajstić information content (AvgIpc) is 3.42. The van der Waals surface area contributed by atoms with Gasteiger partial charge >= 0.3 is 0 Å². The van der Waals surface area contributed by atoms with Crippen LogP contribution >= 0.6 is 0 Å². The summed E-state index contributed by atoms with van der Waals surface area (Å²) < 4.78 is 4.37. The van der Waals surface area contributed by atoms with Crippen molar-refractivity contribution >= 4 is 11.7 Å². The molecule has 2 aromatic carbocycles. The normalized spacial score (nSPS) is 15.2. The third kappa shape index (κ3) is 4.55. The fraction of sp³-hybridized carbons (Fsp3) is 0.333. The number of aryl methyl sites for hydroxylation is 3. The minimum atomic E-state index is 0.00480. The molecule has 1 atom stereocenters. The molecule has 2 aromatic heterocycles. The molecule has 1 aliphatic rings. The van der Waals surface area contributed by atoms with Crippen molar-refractivity contribution in [3.05, 3.63) is 95.4 Å². The van der Waals surface area contributed by atoms with Crippen LogP contribution in [0.5, 0.6) is 0 Å². The molecule has 4 aromatic rings. The maximum absolute atomic E-state index is 13.1. The van der Waals surface area contributed by atoms with Gasteiger partial charge < -0.3 is 14.8 Å². The Labute approximate surface area is 213 Å². The number of piperidine rings is 1. The van der Waals surface area contributed by atoms with Crippen LogP contribution in [-0.4, -0.2) is 33.3 Å². The molecule has 5 rings (SSSR count). The van der Waals surface area contributed by atoms with E-state index in [0.29, 0.717) is 0 Å². The molecule has 1 N–H and O–H groups in total. The van der Waals surface area contributed by atoms with Crippen molar-refractivity contribution in [1.29, 1.82) is 0 Å². The Hall–Kier alpha value is -3.80. The molecule has 1 unspecified atom stereocenters. The zero-order valence-corrected chi connectivity index (χ0v) is 21.6. The molecule has 0 radical (unpaired) electrons. The van der Waals surface area contributed by atoms with Gasteiger partial charge in [0.25, 0.3) is 0 Å². The Bertz CT molecular complexity index is 1310. The molecule has 6 heteroatoms. The Morgan fingerprint density at radius 2 is 1.47 bits per heavy atom. The summed E-state index contributed by atoms with van der Waals surface area (Å²) in [4.78, 5) is 15.5. The van der Waals surface area contributed by atoms with Crippen LogP contribution < -0.4 is 10.2 Å². The number of nitrogens with one attached hydrogen (secondary N) is 1. The van der Waals surface area contributed by atoms with E-state index in [1.165, 1.54) is 11.4 Å². The fourth-order valence-corrected chi connectivity index (χ4v) is 5.33. The minimum absolute atomic E-state index is 0.00480. The van der Waals surface area contributed by atoms with Gasteiger partial charge in [-0.15, -0.1) is 0 Å². The van der Waals surface area contributed by atoms with E-state index in [1.807, 2.05) is 36.4 Å². The first kappa shape index (κ1) is 23.9. The lowest BCUT2D eigenvalue weighted by Gasteiger charge is -2.34. The van der Waals surface area contributed by atoms with E-state index in [9.17, 15) is 4.79 Å². The van der Waals surface area contributed by atoms with Crippen molar-refractivity contribution in [2.24, 2.45) is 5.92 Å². The molecular weight excluding hydrogens is 446 g/mol. The second-order valence-corrected chi connectivity index (χ2v) is 9.86. The average molecular weight is 482 g/mol. The molecule has 6 nitrogen and oxygen atoms in total. The van der Waals surface area contributed by atoms with Crippen LogP contribution in [0, 0.1) is 26.7 Å². The van der Waals surface area contributed by atoms with Gasteiger partial charge in [0.05, 0.1) is 17.4 Å². The Kier molecular flexibility index (Phi) is 6.68. The summed E-state index contributed by atoms with van der Waals surface area (Å²) in [6, 6.07) is 24.8. The molecule has 3 heterocycles. The lowest BCUT2D eigenvalue weighted by molar-refractivity contribution is -0.126. The zero-order valence-electron chi connectivity index (χ0n) is 21.6. The van der Waals surface area contributed by atoms with E-state index in [0.717, 1.165) is 54.4 Å². The first-order valence-electron chi connectivity index (χ1n) is 12.8. The Morgan fingerprint density at radius 1 is 0.889 bits per heavy atom. The molecule has 36 heavy (non-hydrogen) atoms. The van der Waals surface area contributed by atoms with Crippen LogP contribution in [0.25, 0.3) is 11.4 Å². The first-order chi connectivity index (χ1) is 17.4. The summed E-state index contributed by atoms with van der Waals surface area (Å²) in [6.07, 6.45) is 1.63. The molecule has 1 amide bonds. The molecule has 1 aliphatic heterocycles. The molecular formula is C30H35N5O. The molecule has 0 spiro atoms. The smallest absolute Gasteiger partial charge is 0.223 e. The summed E-state index contributed by atoms with van der Waals surface area (Å²) >= 11 is 0. The maximum Gasteiger partial charge on any atom is 0.223 e. The van der Waals surface area contributed by atoms with E-state index in [1.54, 1.807) is 0 Å². The van der Waals surface area contributed by atoms with Crippen LogP contribution in [0.15, 0.2) is 72.8 Å². The molecule has 186 valence electrons. The van der Waals surface area contributed by atoms with Gasteiger partial charge in [-0.05, 0) is 70.4 Å². The van der Waals surface area contributed by atoms with Crippen molar-refractivity contribution in [3.8, 4) is 11.4 Å². The van der Waals surface area contributed by atoms with Crippen LogP contribution in [0.3, 0.4) is 0 Å². The number of rotatable bonds is 6. The van der Waals surface area contributed by atoms with Crippen LogP contribution in [0.2, 0.25) is 0 Å². The van der Waals surface area contributed by atoms with Gasteiger partial charge in [-0.3, -0.25) is 4.79 Å². The largest absolute Gasteiger partial charge is 0.355 e. The summed E-state index contributed by atoms with van der Waals surface area (Å²) in [5.74, 6) is 1.26. The van der Waals surface area contributed by atoms with E-state index in [4.69, 9.17) is 5.10 Å². The van der Waals surface area contributed by atoms with Gasteiger partial charge in [-0.1, -0.05) is 48.5 Å². The number of carbonyl (C=O) groups excluding carboxylic acids is 1. The Morgan fingerprint density at radius 3 is 2.08 bits per heavy atom. The predicted molar refractivity (Wildman–Crippen MR) is 145 cm³/mol. The lowest BCUT2D eigenvalue weighted by Crippen LogP contribution is -2.42. The van der Waals surface area contributed by atoms with Crippen molar-refractivity contribution in [2.75, 3.05) is 18.0 Å². The summed E-state index contributed by atoms with van der Waals surface area (Å²) in [7, 11) is 0. The first-order valence-corrected chi connectivity index (χ1v) is 12.8. The van der Waals surface area contributed by atoms with Gasteiger partial charge in [-0.2, -0.15) is 5.10 Å². The molecule has 0 saturated carbocycles. The molecule has 1 fully saturated rings. The maximum atomic E-state index is 13.1. The third-order valence-corrected chi connectivity index (χ3v) is 7.32. The number of para-hydroxylation sites is 1. The van der Waals surface area contributed by atoms with Crippen molar-refractivity contribution < 1.29 is 4.79 Å². The highest BCUT2D eigenvalue weighted by atomic mass is 16.1. The van der Waals surface area contributed by atoms with Crippen molar-refractivity contribution in [3.63, 3.8) is 0 Å². The minimum Gasteiger partial charge on any atom is -0.355 e. The van der Waals surface area contributed by atoms with Crippen LogP contribution in [-0.2, 0) is 4.79 Å². The second-order valence-electron chi connectivity index (χ2n) is 9.86. The highest BCUT2D eigenvalue weighted by molar-refractivity contribution is 5.79. The number of hydrogen-bond donors (Lipinski definition) is 1. The second kappa shape index (κ2) is 10.1. The lowest BCUT2D eigenvalue weighted by atomic mass is 9.95. The third-order valence-electron chi connectivity index (χ3n) is 7.32. The van der Waals surface area contributed by atoms with Gasteiger partial charge in [0.2, 0.25) is 5.91 Å². The van der Waals surface area contributed by atoms with Gasteiger partial charge in [0, 0.05) is 30.4 Å². The SMILES string of the molecule is Cc1nn(-c2ccccc2)c(N2CCC(C(=O)NC(C)c3ccccc3)CC2)c1-n1c(C)ccc1C. The molecule has 0 aliphatic carbocycles. The van der Waals surface area contributed by atoms with E-state index in [-0.39, 0.29) is 17.9 Å². The summed E-state index contributed by atoms with van der Waals surface area (Å²) in [5, 5.41) is 8.23.